The Morgan fingerprint density at radius 1 is 1.25 bits per heavy atom. The summed E-state index contributed by atoms with van der Waals surface area (Å²) in [4.78, 5) is 26.1. The van der Waals surface area contributed by atoms with Crippen molar-refractivity contribution in [3.63, 3.8) is 0 Å². The highest BCUT2D eigenvalue weighted by Gasteiger charge is 2.30. The summed E-state index contributed by atoms with van der Waals surface area (Å²) in [5.74, 6) is -0.0911. The van der Waals surface area contributed by atoms with E-state index in [1.54, 1.807) is 17.0 Å². The van der Waals surface area contributed by atoms with Crippen molar-refractivity contribution in [3.8, 4) is 0 Å². The molecule has 2 aliphatic rings. The first-order valence-electron chi connectivity index (χ1n) is 9.21. The van der Waals surface area contributed by atoms with Crippen molar-refractivity contribution in [1.82, 2.24) is 14.5 Å². The Balaban J connectivity index is 0.00000280. The highest BCUT2D eigenvalue weighted by atomic mass is 35.5. The molecule has 0 radical (unpaired) electrons. The maximum atomic E-state index is 12.8. The van der Waals surface area contributed by atoms with Crippen LogP contribution in [-0.2, 0) is 14.8 Å². The third-order valence-corrected chi connectivity index (χ3v) is 7.13. The third kappa shape index (κ3) is 4.83. The predicted molar refractivity (Wildman–Crippen MR) is 108 cm³/mol. The monoisotopic (exact) mass is 430 g/mol. The number of hydrogen-bond acceptors (Lipinski definition) is 5. The summed E-state index contributed by atoms with van der Waals surface area (Å²) in [6, 6.07) is 6.17. The number of benzene rings is 1. The number of amides is 2. The molecule has 3 N–H and O–H groups in total. The average molecular weight is 431 g/mol. The zero-order valence-electron chi connectivity index (χ0n) is 15.8. The topological polar surface area (TPSA) is 113 Å². The highest BCUT2D eigenvalue weighted by molar-refractivity contribution is 7.89. The van der Waals surface area contributed by atoms with E-state index in [4.69, 9.17) is 5.73 Å². The van der Waals surface area contributed by atoms with Crippen LogP contribution in [0.5, 0.6) is 0 Å². The summed E-state index contributed by atoms with van der Waals surface area (Å²) in [6.45, 7) is 3.52. The number of halogens is 1. The molecule has 28 heavy (non-hydrogen) atoms. The fourth-order valence-electron chi connectivity index (χ4n) is 3.57. The van der Waals surface area contributed by atoms with Crippen molar-refractivity contribution in [2.45, 2.75) is 30.7 Å². The average Bonchev–Trinajstić information content (AvgIpc) is 2.67. The second-order valence-corrected chi connectivity index (χ2v) is 9.14. The first-order chi connectivity index (χ1) is 12.8. The molecule has 1 aromatic carbocycles. The molecule has 2 saturated heterocycles. The molecule has 0 saturated carbocycles. The van der Waals surface area contributed by atoms with E-state index in [0.29, 0.717) is 24.6 Å². The lowest BCUT2D eigenvalue weighted by molar-refractivity contribution is -0.122. The van der Waals surface area contributed by atoms with Crippen molar-refractivity contribution in [3.05, 3.63) is 29.8 Å². The minimum Gasteiger partial charge on any atom is -0.354 e. The van der Waals surface area contributed by atoms with Crippen molar-refractivity contribution in [2.24, 2.45) is 11.7 Å². The van der Waals surface area contributed by atoms with Gasteiger partial charge in [-0.1, -0.05) is 6.07 Å². The maximum Gasteiger partial charge on any atom is 0.253 e. The van der Waals surface area contributed by atoms with Crippen LogP contribution in [0.2, 0.25) is 0 Å². The van der Waals surface area contributed by atoms with Crippen LogP contribution in [0.3, 0.4) is 0 Å². The van der Waals surface area contributed by atoms with E-state index in [1.807, 2.05) is 6.92 Å². The number of piperidine rings is 1. The van der Waals surface area contributed by atoms with Crippen LogP contribution in [0.1, 0.15) is 30.1 Å². The van der Waals surface area contributed by atoms with Crippen molar-refractivity contribution >= 4 is 34.2 Å². The summed E-state index contributed by atoms with van der Waals surface area (Å²) >= 11 is 0. The Hall–Kier alpha value is -1.68. The summed E-state index contributed by atoms with van der Waals surface area (Å²) in [6.07, 6.45) is 1.70. The summed E-state index contributed by atoms with van der Waals surface area (Å²) < 4.78 is 26.8. The molecule has 2 amide bonds. The van der Waals surface area contributed by atoms with Gasteiger partial charge in [0.15, 0.2) is 0 Å². The fraction of sp³-hybridized carbons (Fsp3) is 0.556. The quantitative estimate of drug-likeness (QED) is 0.719. The van der Waals surface area contributed by atoms with Gasteiger partial charge in [0, 0.05) is 37.8 Å². The predicted octanol–water partition coefficient (Wildman–Crippen LogP) is 0.428. The van der Waals surface area contributed by atoms with Gasteiger partial charge in [0.1, 0.15) is 0 Å². The standard InChI is InChI=1S/C18H26N4O4S.ClH/c1-13(19)14-5-8-21(9-6-14)18(24)15-3-2-4-16(11-15)27(25,26)22-10-7-20-17(23)12-22;/h2-4,11,13-14H,5-10,12,19H2,1H3,(H,20,23);1H. The van der Waals surface area contributed by atoms with E-state index in [2.05, 4.69) is 5.32 Å². The molecule has 3 rings (SSSR count). The number of nitrogens with one attached hydrogen (secondary N) is 1. The van der Waals surface area contributed by atoms with E-state index in [1.165, 1.54) is 12.1 Å². The van der Waals surface area contributed by atoms with Crippen LogP contribution in [0, 0.1) is 5.92 Å². The van der Waals surface area contributed by atoms with E-state index in [0.717, 1.165) is 17.1 Å². The zero-order chi connectivity index (χ0) is 19.6. The minimum absolute atomic E-state index is 0. The lowest BCUT2D eigenvalue weighted by Gasteiger charge is -2.33. The number of likely N-dealkylation sites (tertiary alicyclic amines) is 1. The van der Waals surface area contributed by atoms with Crippen LogP contribution in [0.4, 0.5) is 0 Å². The second kappa shape index (κ2) is 9.21. The zero-order valence-corrected chi connectivity index (χ0v) is 17.5. The van der Waals surface area contributed by atoms with Crippen molar-refractivity contribution < 1.29 is 18.0 Å². The van der Waals surface area contributed by atoms with Gasteiger partial charge in [-0.2, -0.15) is 4.31 Å². The first kappa shape index (κ1) is 22.6. The molecular formula is C18H27ClN4O4S. The fourth-order valence-corrected chi connectivity index (χ4v) is 5.01. The van der Waals surface area contributed by atoms with Gasteiger partial charge in [-0.3, -0.25) is 9.59 Å². The Kier molecular flexibility index (Phi) is 7.44. The highest BCUT2D eigenvalue weighted by Crippen LogP contribution is 2.23. The van der Waals surface area contributed by atoms with E-state index >= 15 is 0 Å². The minimum atomic E-state index is -3.82. The van der Waals surface area contributed by atoms with Gasteiger partial charge in [0.05, 0.1) is 11.4 Å². The largest absolute Gasteiger partial charge is 0.354 e. The molecule has 0 aliphatic carbocycles. The molecule has 156 valence electrons. The van der Waals surface area contributed by atoms with E-state index < -0.39 is 10.0 Å². The molecule has 1 unspecified atom stereocenters. The first-order valence-corrected chi connectivity index (χ1v) is 10.6. The van der Waals surface area contributed by atoms with Gasteiger partial charge < -0.3 is 16.0 Å². The van der Waals surface area contributed by atoms with Crippen molar-refractivity contribution in [1.29, 1.82) is 0 Å². The lowest BCUT2D eigenvalue weighted by atomic mass is 9.90. The van der Waals surface area contributed by atoms with Gasteiger partial charge in [-0.25, -0.2) is 8.42 Å². The number of sulfonamides is 1. The molecule has 2 heterocycles. The molecule has 1 aromatic rings. The maximum absolute atomic E-state index is 12.8. The number of carbonyl (C=O) groups is 2. The number of carbonyl (C=O) groups excluding carboxylic acids is 2. The van der Waals surface area contributed by atoms with Crippen LogP contribution < -0.4 is 11.1 Å². The van der Waals surface area contributed by atoms with E-state index in [9.17, 15) is 18.0 Å². The van der Waals surface area contributed by atoms with Crippen LogP contribution in [-0.4, -0.2) is 68.2 Å². The molecule has 0 spiro atoms. The molecule has 1 atom stereocenters. The summed E-state index contributed by atoms with van der Waals surface area (Å²) in [7, 11) is -3.82. The number of nitrogens with zero attached hydrogens (tertiary/aromatic N) is 2. The number of piperazine rings is 1. The second-order valence-electron chi connectivity index (χ2n) is 7.21. The summed E-state index contributed by atoms with van der Waals surface area (Å²) in [5, 5.41) is 2.60. The third-order valence-electron chi connectivity index (χ3n) is 5.29. The van der Waals surface area contributed by atoms with Crippen molar-refractivity contribution in [2.75, 3.05) is 32.7 Å². The van der Waals surface area contributed by atoms with Gasteiger partial charge >= 0.3 is 0 Å². The molecule has 10 heteroatoms. The smallest absolute Gasteiger partial charge is 0.253 e. The molecule has 2 fully saturated rings. The number of rotatable bonds is 4. The van der Waals surface area contributed by atoms with Gasteiger partial charge in [0.25, 0.3) is 5.91 Å². The van der Waals surface area contributed by atoms with E-state index in [-0.39, 0.29) is 54.8 Å². The van der Waals surface area contributed by atoms with Gasteiger partial charge in [-0.15, -0.1) is 12.4 Å². The number of hydrogen-bond donors (Lipinski definition) is 2. The Bertz CT molecular complexity index is 823. The SMILES string of the molecule is CC(N)C1CCN(C(=O)c2cccc(S(=O)(=O)N3CCNC(=O)C3)c2)CC1.Cl. The molecule has 0 bridgehead atoms. The Labute approximate surface area is 171 Å². The van der Waals surface area contributed by atoms with Crippen LogP contribution in [0.15, 0.2) is 29.2 Å². The number of nitrogens with two attached hydrogens (primary N) is 1. The Morgan fingerprint density at radius 2 is 1.93 bits per heavy atom. The summed E-state index contributed by atoms with van der Waals surface area (Å²) in [5.41, 5.74) is 6.29. The molecule has 0 aromatic heterocycles. The normalized spacial score (nSPS) is 20.2. The molecule has 8 nitrogen and oxygen atoms in total. The molecular weight excluding hydrogens is 404 g/mol. The van der Waals surface area contributed by atoms with Crippen LogP contribution >= 0.6 is 12.4 Å². The van der Waals surface area contributed by atoms with Gasteiger partial charge in [0.2, 0.25) is 15.9 Å². The lowest BCUT2D eigenvalue weighted by Crippen LogP contribution is -2.49. The van der Waals surface area contributed by atoms with Gasteiger partial charge in [-0.05, 0) is 43.9 Å². The molecule has 2 aliphatic heterocycles. The van der Waals surface area contributed by atoms with Crippen LogP contribution in [0.25, 0.3) is 0 Å². The Morgan fingerprint density at radius 3 is 2.54 bits per heavy atom.